The van der Waals surface area contributed by atoms with E-state index in [4.69, 9.17) is 0 Å². The van der Waals surface area contributed by atoms with Gasteiger partial charge in [0.05, 0.1) is 5.60 Å². The number of amides is 3. The van der Waals surface area contributed by atoms with Crippen molar-refractivity contribution >= 4 is 29.9 Å². The number of aryl methyl sites for hydroxylation is 1. The fraction of sp³-hybridized carbons (Fsp3) is 0.457. The van der Waals surface area contributed by atoms with Crippen molar-refractivity contribution < 1.29 is 19.5 Å². The second kappa shape index (κ2) is 14.0. The molecule has 1 aromatic heterocycles. The van der Waals surface area contributed by atoms with Crippen molar-refractivity contribution in [1.29, 1.82) is 0 Å². The van der Waals surface area contributed by atoms with Crippen LogP contribution in [0, 0.1) is 6.92 Å². The quantitative estimate of drug-likeness (QED) is 0.230. The first-order valence-electron chi connectivity index (χ1n) is 16.3. The van der Waals surface area contributed by atoms with Crippen LogP contribution in [0.25, 0.3) is 0 Å². The first kappa shape index (κ1) is 31.6. The van der Waals surface area contributed by atoms with Crippen molar-refractivity contribution in [2.45, 2.75) is 76.2 Å². The Bertz CT molecular complexity index is 1520. The number of hydrogen-bond acceptors (Lipinski definition) is 9. The summed E-state index contributed by atoms with van der Waals surface area (Å²) >= 11 is 0. The normalized spacial score (nSPS) is 20.7. The molecule has 46 heavy (non-hydrogen) atoms. The number of benzene rings is 2. The minimum absolute atomic E-state index is 0.211. The Morgan fingerprint density at radius 1 is 1.02 bits per heavy atom. The molecular weight excluding hydrogens is 582 g/mol. The molecule has 6 rings (SSSR count). The molecule has 3 N–H and O–H groups in total. The topological polar surface area (TPSA) is 131 Å². The van der Waals surface area contributed by atoms with Gasteiger partial charge in [-0.15, -0.1) is 0 Å². The van der Waals surface area contributed by atoms with Crippen LogP contribution in [0.1, 0.15) is 60.8 Å². The first-order chi connectivity index (χ1) is 22.3. The number of likely N-dealkylation sites (tertiary alicyclic amines) is 1. The van der Waals surface area contributed by atoms with Gasteiger partial charge in [0.15, 0.2) is 0 Å². The Labute approximate surface area is 270 Å². The maximum absolute atomic E-state index is 12.4. The number of carbonyl (C=O) groups is 3. The zero-order valence-electron chi connectivity index (χ0n) is 26.4. The Morgan fingerprint density at radius 3 is 2.41 bits per heavy atom. The molecule has 2 aromatic carbocycles. The fourth-order valence-electron chi connectivity index (χ4n) is 6.83. The second-order valence-corrected chi connectivity index (χ2v) is 12.8. The highest BCUT2D eigenvalue weighted by atomic mass is 16.3. The van der Waals surface area contributed by atoms with E-state index in [9.17, 15) is 19.5 Å². The summed E-state index contributed by atoms with van der Waals surface area (Å²) in [4.78, 5) is 50.7. The van der Waals surface area contributed by atoms with Crippen LogP contribution in [0.4, 0.5) is 11.6 Å². The Balaban J connectivity index is 1.00. The lowest BCUT2D eigenvalue weighted by molar-refractivity contribution is -0.141. The van der Waals surface area contributed by atoms with Crippen molar-refractivity contribution in [2.24, 2.45) is 0 Å². The van der Waals surface area contributed by atoms with E-state index >= 15 is 0 Å². The van der Waals surface area contributed by atoms with Gasteiger partial charge in [0.1, 0.15) is 6.04 Å². The van der Waals surface area contributed by atoms with Gasteiger partial charge in [0.2, 0.25) is 24.2 Å². The SMILES string of the molecule is Cc1ccc(C2(O)CCN(Cc3ccc(N4CCC(Nc5ncccn5)CC4)cc3)CC2)cc1CN(C=O)C1CCC(=O)NC1=O. The number of nitrogens with one attached hydrogen (secondary N) is 2. The molecular formula is C35H43N7O4. The van der Waals surface area contributed by atoms with Gasteiger partial charge >= 0.3 is 0 Å². The summed E-state index contributed by atoms with van der Waals surface area (Å²) in [6.45, 7) is 6.54. The molecule has 0 bridgehead atoms. The van der Waals surface area contributed by atoms with Crippen LogP contribution in [0.15, 0.2) is 60.9 Å². The minimum Gasteiger partial charge on any atom is -0.385 e. The van der Waals surface area contributed by atoms with Crippen LogP contribution in [-0.4, -0.2) is 81.4 Å². The lowest BCUT2D eigenvalue weighted by atomic mass is 9.83. The highest BCUT2D eigenvalue weighted by molar-refractivity contribution is 6.00. The van der Waals surface area contributed by atoms with Crippen LogP contribution in [0.3, 0.4) is 0 Å². The molecule has 11 heteroatoms. The molecule has 1 unspecified atom stereocenters. The number of anilines is 2. The molecule has 11 nitrogen and oxygen atoms in total. The average molecular weight is 626 g/mol. The van der Waals surface area contributed by atoms with Gasteiger partial charge < -0.3 is 20.2 Å². The Hall–Kier alpha value is -4.35. The summed E-state index contributed by atoms with van der Waals surface area (Å²) in [5.41, 5.74) is 4.24. The molecule has 1 atom stereocenters. The zero-order chi connectivity index (χ0) is 32.1. The maximum Gasteiger partial charge on any atom is 0.249 e. The summed E-state index contributed by atoms with van der Waals surface area (Å²) in [7, 11) is 0. The molecule has 3 amide bonds. The minimum atomic E-state index is -0.961. The van der Waals surface area contributed by atoms with E-state index in [0.717, 1.165) is 62.3 Å². The van der Waals surface area contributed by atoms with E-state index in [2.05, 4.69) is 54.7 Å². The third-order valence-electron chi connectivity index (χ3n) is 9.77. The van der Waals surface area contributed by atoms with E-state index in [1.54, 1.807) is 12.4 Å². The highest BCUT2D eigenvalue weighted by Crippen LogP contribution is 2.35. The van der Waals surface area contributed by atoms with Gasteiger partial charge in [-0.2, -0.15) is 0 Å². The number of piperidine rings is 3. The van der Waals surface area contributed by atoms with Crippen LogP contribution < -0.4 is 15.5 Å². The second-order valence-electron chi connectivity index (χ2n) is 12.8. The van der Waals surface area contributed by atoms with E-state index in [0.29, 0.717) is 37.7 Å². The van der Waals surface area contributed by atoms with E-state index in [1.165, 1.54) is 16.2 Å². The van der Waals surface area contributed by atoms with Gasteiger partial charge in [-0.1, -0.05) is 30.3 Å². The van der Waals surface area contributed by atoms with Gasteiger partial charge in [0, 0.05) is 69.8 Å². The van der Waals surface area contributed by atoms with Crippen molar-refractivity contribution in [1.82, 2.24) is 25.1 Å². The molecule has 0 saturated carbocycles. The Kier molecular flexibility index (Phi) is 9.60. The number of imide groups is 1. The van der Waals surface area contributed by atoms with E-state index < -0.39 is 17.6 Å². The highest BCUT2D eigenvalue weighted by Gasteiger charge is 2.35. The third-order valence-corrected chi connectivity index (χ3v) is 9.77. The lowest BCUT2D eigenvalue weighted by Crippen LogP contribution is -2.51. The molecule has 4 heterocycles. The number of carbonyl (C=O) groups excluding carboxylic acids is 3. The monoisotopic (exact) mass is 625 g/mol. The molecule has 0 radical (unpaired) electrons. The van der Waals surface area contributed by atoms with Crippen molar-refractivity contribution in [2.75, 3.05) is 36.4 Å². The molecule has 3 aromatic rings. The Morgan fingerprint density at radius 2 is 1.74 bits per heavy atom. The fourth-order valence-corrected chi connectivity index (χ4v) is 6.83. The summed E-state index contributed by atoms with van der Waals surface area (Å²) < 4.78 is 0. The van der Waals surface area contributed by atoms with Gasteiger partial charge in [-0.05, 0) is 79.5 Å². The molecule has 3 aliphatic heterocycles. The molecule has 3 fully saturated rings. The summed E-state index contributed by atoms with van der Waals surface area (Å²) in [5, 5.41) is 17.5. The number of rotatable bonds is 10. The molecule has 0 spiro atoms. The first-order valence-corrected chi connectivity index (χ1v) is 16.3. The summed E-state index contributed by atoms with van der Waals surface area (Å²) in [5.74, 6) is -0.0562. The summed E-state index contributed by atoms with van der Waals surface area (Å²) in [6.07, 6.45) is 8.00. The van der Waals surface area contributed by atoms with Crippen LogP contribution >= 0.6 is 0 Å². The predicted molar refractivity (Wildman–Crippen MR) is 175 cm³/mol. The smallest absolute Gasteiger partial charge is 0.249 e. The van der Waals surface area contributed by atoms with Crippen LogP contribution in [-0.2, 0) is 33.1 Å². The molecule has 3 aliphatic rings. The number of hydrogen-bond donors (Lipinski definition) is 3. The lowest BCUT2D eigenvalue weighted by Gasteiger charge is -2.39. The third kappa shape index (κ3) is 7.37. The number of nitrogens with zero attached hydrogens (tertiary/aromatic N) is 5. The predicted octanol–water partition coefficient (Wildman–Crippen LogP) is 3.11. The van der Waals surface area contributed by atoms with Crippen molar-refractivity contribution in [3.05, 3.63) is 83.2 Å². The molecule has 242 valence electrons. The van der Waals surface area contributed by atoms with Gasteiger partial charge in [-0.25, -0.2) is 9.97 Å². The number of aromatic nitrogens is 2. The van der Waals surface area contributed by atoms with E-state index in [1.807, 2.05) is 31.2 Å². The maximum atomic E-state index is 12.4. The average Bonchev–Trinajstić information content (AvgIpc) is 3.07. The van der Waals surface area contributed by atoms with Gasteiger partial charge in [-0.3, -0.25) is 24.6 Å². The molecule has 0 aliphatic carbocycles. The zero-order valence-corrected chi connectivity index (χ0v) is 26.4. The molecule has 3 saturated heterocycles. The van der Waals surface area contributed by atoms with Crippen LogP contribution in [0.2, 0.25) is 0 Å². The number of aliphatic hydroxyl groups is 1. The van der Waals surface area contributed by atoms with Crippen molar-refractivity contribution in [3.8, 4) is 0 Å². The van der Waals surface area contributed by atoms with Crippen molar-refractivity contribution in [3.63, 3.8) is 0 Å². The standard InChI is InChI=1S/C35H43N7O4/c1-25-3-6-28(21-27(25)23-42(24-43)31-9-10-32(44)39-33(31)45)35(46)13-19-40(20-14-35)22-26-4-7-30(8-5-26)41-17-11-29(12-18-41)38-34-36-15-2-16-37-34/h2-8,15-16,21,24,29,31,46H,9-14,17-20,22-23H2,1H3,(H,36,37,38)(H,39,44,45). The van der Waals surface area contributed by atoms with E-state index in [-0.39, 0.29) is 18.9 Å². The van der Waals surface area contributed by atoms with Gasteiger partial charge in [0.25, 0.3) is 0 Å². The summed E-state index contributed by atoms with van der Waals surface area (Å²) in [6, 6.07) is 16.3. The largest absolute Gasteiger partial charge is 0.385 e. The van der Waals surface area contributed by atoms with Crippen LogP contribution in [0.5, 0.6) is 0 Å².